The summed E-state index contributed by atoms with van der Waals surface area (Å²) in [6.07, 6.45) is 3.75. The van der Waals surface area contributed by atoms with E-state index in [1.165, 1.54) is 16.9 Å². The van der Waals surface area contributed by atoms with Crippen molar-refractivity contribution in [2.45, 2.75) is 39.7 Å². The summed E-state index contributed by atoms with van der Waals surface area (Å²) in [4.78, 5) is 19.7. The lowest BCUT2D eigenvalue weighted by Gasteiger charge is -2.24. The lowest BCUT2D eigenvalue weighted by Crippen LogP contribution is -2.30. The monoisotopic (exact) mass is 304 g/mol. The third-order valence-corrected chi connectivity index (χ3v) is 5.14. The summed E-state index contributed by atoms with van der Waals surface area (Å²) in [5, 5.41) is 5.43. The standard InChI is InChI=1S/C15H20N4OS/c1-9-14(10(2)18(4)17-9)12-6-5-7-19(12)15(20)13-8-16-11(3)21-13/h8,12H,5-7H2,1-4H3. The highest BCUT2D eigenvalue weighted by Crippen LogP contribution is 2.36. The van der Waals surface area contributed by atoms with Gasteiger partial charge in [0.1, 0.15) is 4.88 Å². The Labute approximate surface area is 128 Å². The number of carbonyl (C=O) groups excluding carboxylic acids is 1. The molecule has 112 valence electrons. The maximum atomic E-state index is 12.7. The van der Waals surface area contributed by atoms with Crippen LogP contribution in [-0.2, 0) is 7.05 Å². The van der Waals surface area contributed by atoms with Gasteiger partial charge in [-0.3, -0.25) is 9.48 Å². The van der Waals surface area contributed by atoms with Crippen molar-refractivity contribution in [3.63, 3.8) is 0 Å². The molecule has 1 fully saturated rings. The van der Waals surface area contributed by atoms with Crippen LogP contribution in [0.2, 0.25) is 0 Å². The number of rotatable bonds is 2. The number of hydrogen-bond acceptors (Lipinski definition) is 4. The second kappa shape index (κ2) is 5.26. The molecule has 3 heterocycles. The minimum atomic E-state index is 0.103. The van der Waals surface area contributed by atoms with Crippen molar-refractivity contribution >= 4 is 17.2 Å². The van der Waals surface area contributed by atoms with E-state index in [1.807, 2.05) is 30.5 Å². The van der Waals surface area contributed by atoms with Crippen molar-refractivity contribution in [1.29, 1.82) is 0 Å². The smallest absolute Gasteiger partial charge is 0.266 e. The Kier molecular flexibility index (Phi) is 3.57. The molecule has 2 aromatic heterocycles. The van der Waals surface area contributed by atoms with E-state index in [2.05, 4.69) is 17.0 Å². The predicted molar refractivity (Wildman–Crippen MR) is 82.5 cm³/mol. The lowest BCUT2D eigenvalue weighted by atomic mass is 10.0. The van der Waals surface area contributed by atoms with Crippen molar-refractivity contribution < 1.29 is 4.79 Å². The van der Waals surface area contributed by atoms with Crippen LogP contribution in [0.5, 0.6) is 0 Å². The SMILES string of the molecule is Cc1ncc(C(=O)N2CCCC2c2c(C)nn(C)c2C)s1. The Bertz CT molecular complexity index is 688. The molecule has 0 radical (unpaired) electrons. The van der Waals surface area contributed by atoms with Crippen molar-refractivity contribution in [3.05, 3.63) is 33.0 Å². The third-order valence-electron chi connectivity index (χ3n) is 4.24. The van der Waals surface area contributed by atoms with Crippen LogP contribution in [0.3, 0.4) is 0 Å². The first-order valence-electron chi connectivity index (χ1n) is 7.22. The molecule has 6 heteroatoms. The largest absolute Gasteiger partial charge is 0.331 e. The van der Waals surface area contributed by atoms with Crippen LogP contribution in [0.4, 0.5) is 0 Å². The first kappa shape index (κ1) is 14.3. The van der Waals surface area contributed by atoms with Crippen LogP contribution in [0.15, 0.2) is 6.20 Å². The summed E-state index contributed by atoms with van der Waals surface area (Å²) in [5.41, 5.74) is 3.39. The molecule has 1 saturated heterocycles. The van der Waals surface area contributed by atoms with Crippen molar-refractivity contribution in [3.8, 4) is 0 Å². The molecule has 1 unspecified atom stereocenters. The number of likely N-dealkylation sites (tertiary alicyclic amines) is 1. The van der Waals surface area contributed by atoms with Gasteiger partial charge < -0.3 is 4.90 Å². The number of amides is 1. The van der Waals surface area contributed by atoms with E-state index >= 15 is 0 Å². The molecule has 0 N–H and O–H groups in total. The average Bonchev–Trinajstić information content (AvgIpc) is 3.11. The number of aromatic nitrogens is 3. The van der Waals surface area contributed by atoms with Crippen LogP contribution in [-0.4, -0.2) is 32.1 Å². The van der Waals surface area contributed by atoms with Gasteiger partial charge in [-0.25, -0.2) is 4.98 Å². The molecule has 0 bridgehead atoms. The summed E-state index contributed by atoms with van der Waals surface area (Å²) in [5.74, 6) is 0.103. The van der Waals surface area contributed by atoms with E-state index in [4.69, 9.17) is 0 Å². The molecular formula is C15H20N4OS. The predicted octanol–water partition coefficient (Wildman–Crippen LogP) is 2.78. The van der Waals surface area contributed by atoms with Crippen LogP contribution in [0.1, 0.15) is 50.5 Å². The number of thiazole rings is 1. The molecule has 1 amide bonds. The Balaban J connectivity index is 1.94. The summed E-state index contributed by atoms with van der Waals surface area (Å²) in [6.45, 7) is 6.85. The van der Waals surface area contributed by atoms with Crippen molar-refractivity contribution in [2.24, 2.45) is 7.05 Å². The maximum Gasteiger partial charge on any atom is 0.266 e. The minimum Gasteiger partial charge on any atom is -0.331 e. The molecule has 0 spiro atoms. The highest BCUT2D eigenvalue weighted by molar-refractivity contribution is 7.13. The first-order chi connectivity index (χ1) is 9.99. The summed E-state index contributed by atoms with van der Waals surface area (Å²) in [7, 11) is 1.96. The average molecular weight is 304 g/mol. The van der Waals surface area contributed by atoms with E-state index in [0.717, 1.165) is 40.7 Å². The highest BCUT2D eigenvalue weighted by Gasteiger charge is 2.34. The van der Waals surface area contributed by atoms with Crippen LogP contribution in [0, 0.1) is 20.8 Å². The van der Waals surface area contributed by atoms with Gasteiger partial charge in [-0.2, -0.15) is 5.10 Å². The number of aryl methyl sites for hydroxylation is 3. The zero-order valence-electron chi connectivity index (χ0n) is 12.9. The molecule has 3 rings (SSSR count). The molecule has 0 aliphatic carbocycles. The molecule has 1 atom stereocenters. The second-order valence-electron chi connectivity index (χ2n) is 5.61. The molecule has 0 saturated carbocycles. The summed E-state index contributed by atoms with van der Waals surface area (Å²) >= 11 is 1.47. The molecule has 21 heavy (non-hydrogen) atoms. The van der Waals surface area contributed by atoms with Crippen LogP contribution < -0.4 is 0 Å². The Morgan fingerprint density at radius 2 is 2.14 bits per heavy atom. The van der Waals surface area contributed by atoms with Gasteiger partial charge in [0.2, 0.25) is 0 Å². The van der Waals surface area contributed by atoms with Gasteiger partial charge in [0.15, 0.2) is 0 Å². The number of nitrogens with zero attached hydrogens (tertiary/aromatic N) is 4. The summed E-state index contributed by atoms with van der Waals surface area (Å²) in [6, 6.07) is 0.147. The zero-order chi connectivity index (χ0) is 15.1. The normalized spacial score (nSPS) is 18.5. The van der Waals surface area contributed by atoms with Gasteiger partial charge in [0, 0.05) is 24.8 Å². The van der Waals surface area contributed by atoms with Gasteiger partial charge >= 0.3 is 0 Å². The first-order valence-corrected chi connectivity index (χ1v) is 8.04. The lowest BCUT2D eigenvalue weighted by molar-refractivity contribution is 0.0739. The highest BCUT2D eigenvalue weighted by atomic mass is 32.1. The molecule has 0 aromatic carbocycles. The quantitative estimate of drug-likeness (QED) is 0.857. The Morgan fingerprint density at radius 3 is 2.71 bits per heavy atom. The fraction of sp³-hybridized carbons (Fsp3) is 0.533. The van der Waals surface area contributed by atoms with Gasteiger partial charge in [0.25, 0.3) is 5.91 Å². The van der Waals surface area contributed by atoms with Gasteiger partial charge in [-0.05, 0) is 33.6 Å². The van der Waals surface area contributed by atoms with E-state index < -0.39 is 0 Å². The zero-order valence-corrected chi connectivity index (χ0v) is 13.7. The van der Waals surface area contributed by atoms with E-state index in [0.29, 0.717) is 0 Å². The molecule has 5 nitrogen and oxygen atoms in total. The maximum absolute atomic E-state index is 12.7. The summed E-state index contributed by atoms with van der Waals surface area (Å²) < 4.78 is 1.91. The Morgan fingerprint density at radius 1 is 1.38 bits per heavy atom. The van der Waals surface area contributed by atoms with Crippen LogP contribution >= 0.6 is 11.3 Å². The van der Waals surface area contributed by atoms with Gasteiger partial charge in [-0.1, -0.05) is 0 Å². The molecule has 1 aliphatic heterocycles. The minimum absolute atomic E-state index is 0.103. The van der Waals surface area contributed by atoms with Crippen LogP contribution in [0.25, 0.3) is 0 Å². The third kappa shape index (κ3) is 2.37. The van der Waals surface area contributed by atoms with Crippen molar-refractivity contribution in [1.82, 2.24) is 19.7 Å². The fourth-order valence-corrected chi connectivity index (χ4v) is 3.92. The van der Waals surface area contributed by atoms with Crippen molar-refractivity contribution in [2.75, 3.05) is 6.54 Å². The van der Waals surface area contributed by atoms with E-state index in [-0.39, 0.29) is 11.9 Å². The Hall–Kier alpha value is -1.69. The van der Waals surface area contributed by atoms with E-state index in [1.54, 1.807) is 6.20 Å². The number of carbonyl (C=O) groups is 1. The van der Waals surface area contributed by atoms with Gasteiger partial charge in [-0.15, -0.1) is 11.3 Å². The fourth-order valence-electron chi connectivity index (χ4n) is 3.18. The molecular weight excluding hydrogens is 284 g/mol. The molecule has 1 aliphatic rings. The number of hydrogen-bond donors (Lipinski definition) is 0. The van der Waals surface area contributed by atoms with Gasteiger partial charge in [0.05, 0.1) is 22.9 Å². The topological polar surface area (TPSA) is 51.0 Å². The van der Waals surface area contributed by atoms with E-state index in [9.17, 15) is 4.79 Å². The second-order valence-corrected chi connectivity index (χ2v) is 6.84. The molecule has 2 aromatic rings.